The third kappa shape index (κ3) is 4.19. The van der Waals surface area contributed by atoms with Crippen LogP contribution in [-0.2, 0) is 9.53 Å². The zero-order chi connectivity index (χ0) is 23.7. The van der Waals surface area contributed by atoms with E-state index < -0.39 is 5.97 Å². The number of carbonyl (C=O) groups excluding carboxylic acids is 3. The second-order valence-electron chi connectivity index (χ2n) is 7.89. The fraction of sp³-hybridized carbons (Fsp3) is 0.250. The van der Waals surface area contributed by atoms with Crippen LogP contribution >= 0.6 is 11.3 Å². The second kappa shape index (κ2) is 9.14. The summed E-state index contributed by atoms with van der Waals surface area (Å²) < 4.78 is 12.3. The number of furan rings is 1. The van der Waals surface area contributed by atoms with Crippen LogP contribution in [0.25, 0.3) is 15.9 Å². The minimum atomic E-state index is -0.541. The van der Waals surface area contributed by atoms with Crippen molar-refractivity contribution in [2.45, 2.75) is 6.92 Å². The highest BCUT2D eigenvalue weighted by atomic mass is 32.1. The summed E-state index contributed by atoms with van der Waals surface area (Å²) in [4.78, 5) is 42.1. The molecule has 5 rings (SSSR count). The number of aromatic nitrogens is 2. The number of nitrogens with zero attached hydrogens (tertiary/aromatic N) is 4. The van der Waals surface area contributed by atoms with Crippen LogP contribution in [0.3, 0.4) is 0 Å². The highest BCUT2D eigenvalue weighted by Gasteiger charge is 2.27. The Hall–Kier alpha value is -3.92. The van der Waals surface area contributed by atoms with Gasteiger partial charge in [0.05, 0.1) is 17.6 Å². The molecule has 0 unspecified atom stereocenters. The molecule has 0 atom stereocenters. The lowest BCUT2D eigenvalue weighted by Crippen LogP contribution is -2.51. The van der Waals surface area contributed by atoms with Crippen LogP contribution in [0.1, 0.15) is 25.9 Å². The molecule has 0 bridgehead atoms. The number of ether oxygens (including phenoxy) is 1. The molecule has 1 aliphatic heterocycles. The molecule has 1 saturated heterocycles. The monoisotopic (exact) mass is 478 g/mol. The molecule has 0 aliphatic carbocycles. The van der Waals surface area contributed by atoms with Crippen molar-refractivity contribution in [2.75, 3.05) is 32.8 Å². The molecule has 10 heteroatoms. The molecule has 0 spiro atoms. The van der Waals surface area contributed by atoms with Crippen LogP contribution in [0.5, 0.6) is 0 Å². The van der Waals surface area contributed by atoms with Crippen molar-refractivity contribution >= 4 is 39.3 Å². The maximum atomic E-state index is 12.7. The van der Waals surface area contributed by atoms with Crippen LogP contribution in [0.2, 0.25) is 0 Å². The summed E-state index contributed by atoms with van der Waals surface area (Å²) in [6.45, 7) is 3.08. The van der Waals surface area contributed by atoms with E-state index in [4.69, 9.17) is 9.15 Å². The Balaban J connectivity index is 1.19. The van der Waals surface area contributed by atoms with E-state index in [-0.39, 0.29) is 24.2 Å². The number of hydrogen-bond acceptors (Lipinski definition) is 7. The summed E-state index contributed by atoms with van der Waals surface area (Å²) in [5.41, 5.74) is 1.72. The topological polar surface area (TPSA) is 97.9 Å². The van der Waals surface area contributed by atoms with E-state index in [1.165, 1.54) is 17.6 Å². The number of piperazine rings is 1. The van der Waals surface area contributed by atoms with Crippen LogP contribution in [0, 0.1) is 6.92 Å². The van der Waals surface area contributed by atoms with Gasteiger partial charge in [-0.15, -0.1) is 11.3 Å². The molecule has 9 nitrogen and oxygen atoms in total. The zero-order valence-corrected chi connectivity index (χ0v) is 19.3. The van der Waals surface area contributed by atoms with E-state index in [2.05, 4.69) is 5.10 Å². The van der Waals surface area contributed by atoms with Crippen molar-refractivity contribution < 1.29 is 23.5 Å². The van der Waals surface area contributed by atoms with Gasteiger partial charge in [0, 0.05) is 31.6 Å². The zero-order valence-electron chi connectivity index (χ0n) is 18.5. The molecule has 1 aliphatic rings. The number of aryl methyl sites for hydroxylation is 1. The van der Waals surface area contributed by atoms with Gasteiger partial charge in [-0.3, -0.25) is 9.59 Å². The summed E-state index contributed by atoms with van der Waals surface area (Å²) in [6.07, 6.45) is 1.46. The van der Waals surface area contributed by atoms with E-state index in [0.717, 1.165) is 21.6 Å². The van der Waals surface area contributed by atoms with Gasteiger partial charge in [0.15, 0.2) is 12.4 Å². The van der Waals surface area contributed by atoms with Crippen molar-refractivity contribution in [1.82, 2.24) is 19.6 Å². The third-order valence-electron chi connectivity index (χ3n) is 5.72. The molecule has 34 heavy (non-hydrogen) atoms. The molecule has 1 fully saturated rings. The van der Waals surface area contributed by atoms with E-state index in [1.807, 2.05) is 37.3 Å². The van der Waals surface area contributed by atoms with E-state index in [1.54, 1.807) is 32.7 Å². The number of carbonyl (C=O) groups is 3. The summed E-state index contributed by atoms with van der Waals surface area (Å²) >= 11 is 1.29. The lowest BCUT2D eigenvalue weighted by Gasteiger charge is -2.34. The van der Waals surface area contributed by atoms with Gasteiger partial charge in [-0.2, -0.15) is 5.10 Å². The molecule has 4 heterocycles. The minimum Gasteiger partial charge on any atom is -0.459 e. The van der Waals surface area contributed by atoms with Crippen molar-refractivity contribution in [3.05, 3.63) is 71.1 Å². The van der Waals surface area contributed by atoms with Gasteiger partial charge in [0.25, 0.3) is 11.8 Å². The minimum absolute atomic E-state index is 0.197. The Morgan fingerprint density at radius 1 is 1.03 bits per heavy atom. The van der Waals surface area contributed by atoms with E-state index >= 15 is 0 Å². The maximum Gasteiger partial charge on any atom is 0.348 e. The fourth-order valence-electron chi connectivity index (χ4n) is 3.90. The lowest BCUT2D eigenvalue weighted by atomic mass is 10.3. The first-order valence-corrected chi connectivity index (χ1v) is 11.6. The molecule has 0 N–H and O–H groups in total. The first kappa shape index (κ1) is 21.9. The average molecular weight is 479 g/mol. The van der Waals surface area contributed by atoms with Crippen LogP contribution in [-0.4, -0.2) is 70.1 Å². The van der Waals surface area contributed by atoms with Gasteiger partial charge >= 0.3 is 5.97 Å². The largest absolute Gasteiger partial charge is 0.459 e. The molecule has 0 radical (unpaired) electrons. The Bertz CT molecular complexity index is 1330. The average Bonchev–Trinajstić information content (AvgIpc) is 3.61. The van der Waals surface area contributed by atoms with Gasteiger partial charge in [-0.1, -0.05) is 18.2 Å². The standard InChI is InChI=1S/C24H22N4O5S/c1-16-18-14-20(34-23(18)28(25-16)17-6-3-2-4-7-17)24(31)33-15-21(29)26-9-11-27(12-10-26)22(30)19-8-5-13-32-19/h2-8,13-14H,9-12,15H2,1H3. The number of thiophene rings is 1. The Morgan fingerprint density at radius 3 is 2.47 bits per heavy atom. The number of fused-ring (bicyclic) bond motifs is 1. The Morgan fingerprint density at radius 2 is 1.76 bits per heavy atom. The van der Waals surface area contributed by atoms with Crippen molar-refractivity contribution in [3.8, 4) is 5.69 Å². The molecule has 4 aromatic rings. The Labute approximate surface area is 199 Å². The molecule has 2 amide bonds. The van der Waals surface area contributed by atoms with Crippen molar-refractivity contribution in [2.24, 2.45) is 0 Å². The third-order valence-corrected chi connectivity index (χ3v) is 6.82. The molecule has 174 valence electrons. The predicted octanol–water partition coefficient (Wildman–Crippen LogP) is 3.13. The predicted molar refractivity (Wildman–Crippen MR) is 125 cm³/mol. The van der Waals surface area contributed by atoms with Crippen molar-refractivity contribution in [3.63, 3.8) is 0 Å². The number of amides is 2. The molecule has 3 aromatic heterocycles. The van der Waals surface area contributed by atoms with E-state index in [9.17, 15) is 14.4 Å². The summed E-state index contributed by atoms with van der Waals surface area (Å²) in [7, 11) is 0. The normalized spacial score (nSPS) is 13.9. The molecular formula is C24H22N4O5S. The molecule has 0 saturated carbocycles. The highest BCUT2D eigenvalue weighted by Crippen LogP contribution is 2.30. The highest BCUT2D eigenvalue weighted by molar-refractivity contribution is 7.20. The summed E-state index contributed by atoms with van der Waals surface area (Å²) in [5.74, 6) is -0.744. The SMILES string of the molecule is Cc1nn(-c2ccccc2)c2sc(C(=O)OCC(=O)N3CCN(C(=O)c4ccco4)CC3)cc12. The van der Waals surface area contributed by atoms with E-state index in [0.29, 0.717) is 31.1 Å². The smallest absolute Gasteiger partial charge is 0.348 e. The van der Waals surface area contributed by atoms with Gasteiger partial charge in [-0.25, -0.2) is 9.48 Å². The van der Waals surface area contributed by atoms with Crippen molar-refractivity contribution in [1.29, 1.82) is 0 Å². The maximum absolute atomic E-state index is 12.7. The van der Waals surface area contributed by atoms with Crippen LogP contribution < -0.4 is 0 Å². The summed E-state index contributed by atoms with van der Waals surface area (Å²) in [5, 5.41) is 5.45. The van der Waals surface area contributed by atoms with Crippen LogP contribution in [0.15, 0.2) is 59.2 Å². The first-order chi connectivity index (χ1) is 16.5. The first-order valence-electron chi connectivity index (χ1n) is 10.8. The quantitative estimate of drug-likeness (QED) is 0.409. The second-order valence-corrected chi connectivity index (χ2v) is 8.92. The Kier molecular flexibility index (Phi) is 5.89. The van der Waals surface area contributed by atoms with Gasteiger partial charge in [0.2, 0.25) is 0 Å². The number of hydrogen-bond donors (Lipinski definition) is 0. The molecule has 1 aromatic carbocycles. The number of rotatable bonds is 5. The van der Waals surface area contributed by atoms with Gasteiger partial charge < -0.3 is 19.0 Å². The molecular weight excluding hydrogens is 456 g/mol. The summed E-state index contributed by atoms with van der Waals surface area (Å²) in [6, 6.07) is 14.7. The van der Waals surface area contributed by atoms with Gasteiger partial charge in [0.1, 0.15) is 9.71 Å². The number of esters is 1. The lowest BCUT2D eigenvalue weighted by molar-refractivity contribution is -0.136. The van der Waals surface area contributed by atoms with Crippen LogP contribution in [0.4, 0.5) is 0 Å². The van der Waals surface area contributed by atoms with Gasteiger partial charge in [-0.05, 0) is 37.3 Å². The fourth-order valence-corrected chi connectivity index (χ4v) is 4.97. The number of para-hydroxylation sites is 1. The number of benzene rings is 1.